The predicted octanol–water partition coefficient (Wildman–Crippen LogP) is 4.62. The standard InChI is InChI=1S/C34H46O7/c1-7-22-23(36)17-32(6)30(41-26(38)15-21-13-11-10-12-14-21)28-31(5)19-40-25(31)16-24(37)34(28,18-35)29(39)20(4)27(22)33(32,8-2)9-3/h10-14,20,24-25,28,30,35,37H,7-9,15-19H2,1-6H3. The number of Topliss-reactive ketones (excluding diaryl/α,β-unsaturated/α-hetero) is 2. The Morgan fingerprint density at radius 1 is 1.10 bits per heavy atom. The van der Waals surface area contributed by atoms with Crippen molar-refractivity contribution >= 4 is 17.5 Å². The fourth-order valence-electron chi connectivity index (χ4n) is 9.79. The van der Waals surface area contributed by atoms with Crippen LogP contribution in [0.3, 0.4) is 0 Å². The Morgan fingerprint density at radius 3 is 2.29 bits per heavy atom. The van der Waals surface area contributed by atoms with Crippen LogP contribution < -0.4 is 0 Å². The second kappa shape index (κ2) is 10.4. The van der Waals surface area contributed by atoms with Crippen LogP contribution in [0.4, 0.5) is 0 Å². The number of esters is 1. The van der Waals surface area contributed by atoms with Gasteiger partial charge in [0.05, 0.1) is 37.3 Å². The number of allylic oxidation sites excluding steroid dienone is 2. The van der Waals surface area contributed by atoms with Gasteiger partial charge in [0.25, 0.3) is 0 Å². The highest BCUT2D eigenvalue weighted by molar-refractivity contribution is 6.01. The molecule has 2 bridgehead atoms. The number of aliphatic hydroxyl groups is 2. The Kier molecular flexibility index (Phi) is 7.66. The molecule has 0 amide bonds. The molecule has 0 aromatic heterocycles. The molecular weight excluding hydrogens is 520 g/mol. The highest BCUT2D eigenvalue weighted by Crippen LogP contribution is 2.70. The number of ether oxygens (including phenoxy) is 2. The fraction of sp³-hybridized carbons (Fsp3) is 0.676. The maximum atomic E-state index is 14.9. The maximum absolute atomic E-state index is 14.9. The third-order valence-corrected chi connectivity index (χ3v) is 11.9. The summed E-state index contributed by atoms with van der Waals surface area (Å²) in [4.78, 5) is 42.7. The van der Waals surface area contributed by atoms with E-state index >= 15 is 0 Å². The Hall–Kier alpha value is -2.35. The van der Waals surface area contributed by atoms with Gasteiger partial charge in [0.1, 0.15) is 6.10 Å². The predicted molar refractivity (Wildman–Crippen MR) is 154 cm³/mol. The average molecular weight is 567 g/mol. The number of benzene rings is 1. The molecule has 3 fully saturated rings. The van der Waals surface area contributed by atoms with Crippen LogP contribution in [0.5, 0.6) is 0 Å². The topological polar surface area (TPSA) is 110 Å². The van der Waals surface area contributed by atoms with Crippen LogP contribution in [0.1, 0.15) is 79.2 Å². The number of carbonyl (C=O) groups excluding carboxylic acids is 3. The molecule has 1 saturated heterocycles. The summed E-state index contributed by atoms with van der Waals surface area (Å²) in [6.45, 7) is 11.8. The van der Waals surface area contributed by atoms with Crippen LogP contribution >= 0.6 is 0 Å². The van der Waals surface area contributed by atoms with Crippen LogP contribution in [-0.4, -0.2) is 59.3 Å². The number of fused-ring (bicyclic) bond motifs is 5. The monoisotopic (exact) mass is 566 g/mol. The van der Waals surface area contributed by atoms with Crippen molar-refractivity contribution in [1.82, 2.24) is 0 Å². The molecule has 2 saturated carbocycles. The Morgan fingerprint density at radius 2 is 1.76 bits per heavy atom. The van der Waals surface area contributed by atoms with Crippen molar-refractivity contribution in [2.75, 3.05) is 13.2 Å². The van der Waals surface area contributed by atoms with Gasteiger partial charge in [-0.1, -0.05) is 71.9 Å². The molecule has 2 N–H and O–H groups in total. The molecule has 7 heteroatoms. The zero-order valence-electron chi connectivity index (χ0n) is 25.4. The SMILES string of the molecule is CCC1=C2C(C)C(=O)C3(CO)C(O)CC4OCC4(C)C3C(OC(=O)Cc3ccccc3)C(C)(CC1=O)C2(CC)CC. The van der Waals surface area contributed by atoms with Crippen molar-refractivity contribution in [3.8, 4) is 0 Å². The van der Waals surface area contributed by atoms with E-state index in [9.17, 15) is 24.6 Å². The number of aliphatic hydroxyl groups excluding tert-OH is 2. The molecule has 8 atom stereocenters. The lowest BCUT2D eigenvalue weighted by Gasteiger charge is -2.69. The summed E-state index contributed by atoms with van der Waals surface area (Å²) in [5, 5.41) is 23.0. The highest BCUT2D eigenvalue weighted by Gasteiger charge is 2.75. The first-order valence-corrected chi connectivity index (χ1v) is 15.4. The molecular formula is C34H46O7. The van der Waals surface area contributed by atoms with E-state index in [1.54, 1.807) is 0 Å². The largest absolute Gasteiger partial charge is 0.461 e. The Balaban J connectivity index is 1.80. The number of rotatable bonds is 7. The number of hydrogen-bond donors (Lipinski definition) is 2. The van der Waals surface area contributed by atoms with Crippen molar-refractivity contribution in [1.29, 1.82) is 0 Å². The molecule has 1 aliphatic heterocycles. The van der Waals surface area contributed by atoms with E-state index in [1.807, 2.05) is 58.0 Å². The molecule has 4 aliphatic rings. The first-order valence-electron chi connectivity index (χ1n) is 15.4. The van der Waals surface area contributed by atoms with Crippen molar-refractivity contribution in [3.63, 3.8) is 0 Å². The first-order chi connectivity index (χ1) is 19.4. The lowest BCUT2D eigenvalue weighted by Crippen LogP contribution is -2.76. The van der Waals surface area contributed by atoms with Crippen molar-refractivity contribution in [3.05, 3.63) is 47.0 Å². The molecule has 7 nitrogen and oxygen atoms in total. The molecule has 224 valence electrons. The first kappa shape index (κ1) is 30.1. The highest BCUT2D eigenvalue weighted by atomic mass is 16.5. The van der Waals surface area contributed by atoms with Crippen molar-refractivity contribution in [2.45, 2.75) is 98.4 Å². The third kappa shape index (κ3) is 3.91. The van der Waals surface area contributed by atoms with Crippen molar-refractivity contribution in [2.24, 2.45) is 33.5 Å². The molecule has 0 spiro atoms. The number of carbonyl (C=O) groups is 3. The summed E-state index contributed by atoms with van der Waals surface area (Å²) >= 11 is 0. The van der Waals surface area contributed by atoms with E-state index < -0.39 is 58.3 Å². The Labute approximate surface area is 243 Å². The van der Waals surface area contributed by atoms with Gasteiger partial charge < -0.3 is 19.7 Å². The molecule has 41 heavy (non-hydrogen) atoms. The maximum Gasteiger partial charge on any atom is 0.310 e. The lowest BCUT2D eigenvalue weighted by molar-refractivity contribution is -0.312. The van der Waals surface area contributed by atoms with Gasteiger partial charge in [-0.2, -0.15) is 0 Å². The van der Waals surface area contributed by atoms with E-state index in [0.29, 0.717) is 31.4 Å². The van der Waals surface area contributed by atoms with Gasteiger partial charge in [-0.25, -0.2) is 0 Å². The van der Waals surface area contributed by atoms with E-state index in [1.165, 1.54) is 0 Å². The van der Waals surface area contributed by atoms with Crippen LogP contribution in [-0.2, 0) is 30.3 Å². The van der Waals surface area contributed by atoms with E-state index in [-0.39, 0.29) is 36.9 Å². The minimum absolute atomic E-state index is 0.00861. The van der Waals surface area contributed by atoms with E-state index in [4.69, 9.17) is 9.47 Å². The summed E-state index contributed by atoms with van der Waals surface area (Å²) in [7, 11) is 0. The second-order valence-corrected chi connectivity index (χ2v) is 13.4. The molecule has 8 unspecified atom stereocenters. The zero-order chi connectivity index (χ0) is 30.0. The van der Waals surface area contributed by atoms with Crippen LogP contribution in [0.2, 0.25) is 0 Å². The number of ketones is 2. The van der Waals surface area contributed by atoms with Gasteiger partial charge in [-0.3, -0.25) is 14.4 Å². The second-order valence-electron chi connectivity index (χ2n) is 13.4. The molecule has 3 aliphatic carbocycles. The quantitative estimate of drug-likeness (QED) is 0.464. The van der Waals surface area contributed by atoms with Gasteiger partial charge in [0.2, 0.25) is 0 Å². The fourth-order valence-corrected chi connectivity index (χ4v) is 9.79. The van der Waals surface area contributed by atoms with Crippen molar-refractivity contribution < 1.29 is 34.1 Å². The third-order valence-electron chi connectivity index (χ3n) is 11.9. The van der Waals surface area contributed by atoms with Crippen LogP contribution in [0.15, 0.2) is 41.5 Å². The van der Waals surface area contributed by atoms with Crippen LogP contribution in [0, 0.1) is 33.5 Å². The van der Waals surface area contributed by atoms with Gasteiger partial charge in [-0.05, 0) is 36.0 Å². The van der Waals surface area contributed by atoms with Gasteiger partial charge in [0.15, 0.2) is 11.6 Å². The minimum Gasteiger partial charge on any atom is -0.461 e. The number of hydrogen-bond acceptors (Lipinski definition) is 7. The van der Waals surface area contributed by atoms with E-state index in [2.05, 4.69) is 13.8 Å². The van der Waals surface area contributed by atoms with Gasteiger partial charge in [0, 0.05) is 40.9 Å². The average Bonchev–Trinajstić information content (AvgIpc) is 2.95. The normalized spacial score (nSPS) is 39.7. The van der Waals surface area contributed by atoms with Gasteiger partial charge in [-0.15, -0.1) is 0 Å². The summed E-state index contributed by atoms with van der Waals surface area (Å²) in [5.74, 6) is -2.14. The zero-order valence-corrected chi connectivity index (χ0v) is 25.4. The summed E-state index contributed by atoms with van der Waals surface area (Å²) < 4.78 is 12.6. The van der Waals surface area contributed by atoms with Crippen LogP contribution in [0.25, 0.3) is 0 Å². The molecule has 0 radical (unpaired) electrons. The smallest absolute Gasteiger partial charge is 0.310 e. The van der Waals surface area contributed by atoms with Gasteiger partial charge >= 0.3 is 5.97 Å². The minimum atomic E-state index is -1.56. The Bertz CT molecular complexity index is 1250. The molecule has 1 aromatic carbocycles. The molecule has 1 aromatic rings. The van der Waals surface area contributed by atoms with E-state index in [0.717, 1.165) is 11.1 Å². The molecule has 1 heterocycles. The lowest BCUT2D eigenvalue weighted by atomic mass is 9.38. The summed E-state index contributed by atoms with van der Waals surface area (Å²) in [6, 6.07) is 9.36. The summed E-state index contributed by atoms with van der Waals surface area (Å²) in [6.07, 6.45) is -0.190. The summed E-state index contributed by atoms with van der Waals surface area (Å²) in [5.41, 5.74) is -1.39. The molecule has 5 rings (SSSR count).